The Bertz CT molecular complexity index is 480. The quantitative estimate of drug-likeness (QED) is 0.798. The van der Waals surface area contributed by atoms with Gasteiger partial charge in [-0.2, -0.15) is 0 Å². The molecule has 1 aromatic rings. The van der Waals surface area contributed by atoms with Gasteiger partial charge in [0.25, 0.3) is 0 Å². The number of carbonyl (C=O) groups excluding carboxylic acids is 1. The van der Waals surface area contributed by atoms with Crippen LogP contribution in [0.15, 0.2) is 42.5 Å². The average Bonchev–Trinajstić information content (AvgIpc) is 2.46. The van der Waals surface area contributed by atoms with Gasteiger partial charge in [0.1, 0.15) is 0 Å². The first-order valence-electron chi connectivity index (χ1n) is 7.68. The third-order valence-corrected chi connectivity index (χ3v) is 3.66. The Morgan fingerprint density at radius 2 is 1.71 bits per heavy atom. The predicted molar refractivity (Wildman–Crippen MR) is 86.9 cm³/mol. The molecule has 0 aliphatic carbocycles. The summed E-state index contributed by atoms with van der Waals surface area (Å²) in [5.41, 5.74) is 1.40. The Hall–Kier alpha value is -1.61. The van der Waals surface area contributed by atoms with Gasteiger partial charge in [0.15, 0.2) is 0 Å². The van der Waals surface area contributed by atoms with Crippen molar-refractivity contribution in [3.8, 4) is 0 Å². The highest BCUT2D eigenvalue weighted by Gasteiger charge is 2.19. The van der Waals surface area contributed by atoms with Gasteiger partial charge >= 0.3 is 0 Å². The van der Waals surface area contributed by atoms with Crippen LogP contribution in [0.2, 0.25) is 0 Å². The molecule has 0 radical (unpaired) electrons. The van der Waals surface area contributed by atoms with E-state index in [1.165, 1.54) is 5.56 Å². The van der Waals surface area contributed by atoms with Crippen LogP contribution in [-0.4, -0.2) is 41.9 Å². The summed E-state index contributed by atoms with van der Waals surface area (Å²) in [6.45, 7) is 10.8. The van der Waals surface area contributed by atoms with Crippen LogP contribution >= 0.6 is 0 Å². The molecule has 1 heterocycles. The first-order chi connectivity index (χ1) is 9.94. The molecule has 0 bridgehead atoms. The summed E-state index contributed by atoms with van der Waals surface area (Å²) in [5.74, 6) is 0.143. The van der Waals surface area contributed by atoms with Crippen LogP contribution in [0.25, 0.3) is 0 Å². The average molecular weight is 286 g/mol. The molecule has 1 aliphatic rings. The van der Waals surface area contributed by atoms with Gasteiger partial charge in [-0.15, -0.1) is 0 Å². The smallest absolute Gasteiger partial charge is 0.246 e. The van der Waals surface area contributed by atoms with E-state index in [1.807, 2.05) is 17.0 Å². The molecular formula is C18H26N2O. The van der Waals surface area contributed by atoms with Crippen LogP contribution in [0.5, 0.6) is 0 Å². The number of rotatable bonds is 3. The fourth-order valence-corrected chi connectivity index (χ4v) is 2.39. The Morgan fingerprint density at radius 1 is 1.10 bits per heavy atom. The van der Waals surface area contributed by atoms with Crippen molar-refractivity contribution in [3.63, 3.8) is 0 Å². The van der Waals surface area contributed by atoms with Gasteiger partial charge in [-0.25, -0.2) is 0 Å². The molecule has 0 unspecified atom stereocenters. The minimum Gasteiger partial charge on any atom is -0.337 e. The number of nitrogens with zero attached hydrogens (tertiary/aromatic N) is 2. The minimum atomic E-state index is 0.0603. The van der Waals surface area contributed by atoms with Gasteiger partial charge in [0.2, 0.25) is 5.91 Å². The molecule has 1 aliphatic heterocycles. The van der Waals surface area contributed by atoms with E-state index in [-0.39, 0.29) is 11.3 Å². The van der Waals surface area contributed by atoms with Crippen molar-refractivity contribution < 1.29 is 4.79 Å². The largest absolute Gasteiger partial charge is 0.337 e. The molecule has 0 N–H and O–H groups in total. The van der Waals surface area contributed by atoms with Crippen molar-refractivity contribution in [1.29, 1.82) is 0 Å². The normalized spacial score (nSPS) is 17.4. The van der Waals surface area contributed by atoms with Gasteiger partial charge in [-0.1, -0.05) is 57.2 Å². The van der Waals surface area contributed by atoms with Crippen molar-refractivity contribution in [1.82, 2.24) is 9.80 Å². The zero-order chi connectivity index (χ0) is 15.3. The summed E-state index contributed by atoms with van der Waals surface area (Å²) >= 11 is 0. The molecule has 0 spiro atoms. The molecule has 1 aromatic carbocycles. The SMILES string of the molecule is CC(C)(C)/C=C/C(=O)N1CCN(Cc2ccccc2)CC1. The van der Waals surface area contributed by atoms with E-state index in [0.717, 1.165) is 32.7 Å². The lowest BCUT2D eigenvalue weighted by atomic mass is 9.96. The van der Waals surface area contributed by atoms with Crippen molar-refractivity contribution >= 4 is 5.91 Å². The first kappa shape index (κ1) is 15.8. The van der Waals surface area contributed by atoms with Crippen LogP contribution in [0.4, 0.5) is 0 Å². The standard InChI is InChI=1S/C18H26N2O/c1-18(2,3)10-9-17(21)20-13-11-19(12-14-20)15-16-7-5-4-6-8-16/h4-10H,11-15H2,1-3H3/b10-9+. The molecular weight excluding hydrogens is 260 g/mol. The van der Waals surface area contributed by atoms with Crippen molar-refractivity contribution in [2.45, 2.75) is 27.3 Å². The Kier molecular flexibility index (Phi) is 5.18. The number of hydrogen-bond donors (Lipinski definition) is 0. The molecule has 0 atom stereocenters. The highest BCUT2D eigenvalue weighted by molar-refractivity contribution is 5.87. The van der Waals surface area contributed by atoms with Gasteiger partial charge in [-0.05, 0) is 17.1 Å². The van der Waals surface area contributed by atoms with Gasteiger partial charge in [0.05, 0.1) is 0 Å². The number of amides is 1. The lowest BCUT2D eigenvalue weighted by molar-refractivity contribution is -0.127. The molecule has 21 heavy (non-hydrogen) atoms. The van der Waals surface area contributed by atoms with E-state index in [9.17, 15) is 4.79 Å². The van der Waals surface area contributed by atoms with Crippen LogP contribution in [0.1, 0.15) is 26.3 Å². The molecule has 3 nitrogen and oxygen atoms in total. The van der Waals surface area contributed by atoms with E-state index < -0.39 is 0 Å². The second-order valence-corrected chi connectivity index (χ2v) is 6.79. The third kappa shape index (κ3) is 5.35. The van der Waals surface area contributed by atoms with E-state index in [4.69, 9.17) is 0 Å². The molecule has 2 rings (SSSR count). The van der Waals surface area contributed by atoms with Crippen molar-refractivity contribution in [3.05, 3.63) is 48.0 Å². The van der Waals surface area contributed by atoms with Crippen LogP contribution in [-0.2, 0) is 11.3 Å². The summed E-state index contributed by atoms with van der Waals surface area (Å²) in [5, 5.41) is 0. The van der Waals surface area contributed by atoms with Gasteiger partial charge in [0, 0.05) is 32.7 Å². The third-order valence-electron chi connectivity index (χ3n) is 3.66. The molecule has 1 fully saturated rings. The molecule has 114 valence electrons. The number of piperazine rings is 1. The summed E-state index contributed by atoms with van der Waals surface area (Å²) in [6, 6.07) is 10.5. The monoisotopic (exact) mass is 286 g/mol. The summed E-state index contributed by atoms with van der Waals surface area (Å²) in [4.78, 5) is 16.5. The summed E-state index contributed by atoms with van der Waals surface area (Å²) in [7, 11) is 0. The summed E-state index contributed by atoms with van der Waals surface area (Å²) in [6.07, 6.45) is 3.72. The number of carbonyl (C=O) groups is 1. The maximum absolute atomic E-state index is 12.1. The van der Waals surface area contributed by atoms with Gasteiger partial charge in [-0.3, -0.25) is 9.69 Å². The summed E-state index contributed by atoms with van der Waals surface area (Å²) < 4.78 is 0. The number of benzene rings is 1. The molecule has 3 heteroatoms. The second kappa shape index (κ2) is 6.90. The molecule has 0 aromatic heterocycles. The van der Waals surface area contributed by atoms with Crippen LogP contribution < -0.4 is 0 Å². The lowest BCUT2D eigenvalue weighted by Gasteiger charge is -2.34. The predicted octanol–water partition coefficient (Wildman–Crippen LogP) is 2.93. The fourth-order valence-electron chi connectivity index (χ4n) is 2.39. The molecule has 1 saturated heterocycles. The van der Waals surface area contributed by atoms with Crippen LogP contribution in [0, 0.1) is 5.41 Å². The fraction of sp³-hybridized carbons (Fsp3) is 0.500. The van der Waals surface area contributed by atoms with E-state index in [1.54, 1.807) is 6.08 Å². The Labute approximate surface area is 128 Å². The Morgan fingerprint density at radius 3 is 2.29 bits per heavy atom. The number of hydrogen-bond acceptors (Lipinski definition) is 2. The molecule has 0 saturated carbocycles. The number of allylic oxidation sites excluding steroid dienone is 1. The maximum atomic E-state index is 12.1. The molecule has 1 amide bonds. The highest BCUT2D eigenvalue weighted by atomic mass is 16.2. The van der Waals surface area contributed by atoms with Crippen molar-refractivity contribution in [2.75, 3.05) is 26.2 Å². The van der Waals surface area contributed by atoms with Gasteiger partial charge < -0.3 is 4.90 Å². The zero-order valence-corrected chi connectivity index (χ0v) is 13.4. The highest BCUT2D eigenvalue weighted by Crippen LogP contribution is 2.15. The van der Waals surface area contributed by atoms with Crippen LogP contribution in [0.3, 0.4) is 0 Å². The van der Waals surface area contributed by atoms with E-state index in [0.29, 0.717) is 0 Å². The maximum Gasteiger partial charge on any atom is 0.246 e. The van der Waals surface area contributed by atoms with E-state index >= 15 is 0 Å². The first-order valence-corrected chi connectivity index (χ1v) is 7.68. The zero-order valence-electron chi connectivity index (χ0n) is 13.4. The second-order valence-electron chi connectivity index (χ2n) is 6.79. The minimum absolute atomic E-state index is 0.0603. The lowest BCUT2D eigenvalue weighted by Crippen LogP contribution is -2.47. The van der Waals surface area contributed by atoms with Crippen molar-refractivity contribution in [2.24, 2.45) is 5.41 Å². The Balaban J connectivity index is 1.80. The topological polar surface area (TPSA) is 23.6 Å². The van der Waals surface area contributed by atoms with E-state index in [2.05, 4.69) is 49.9 Å².